The molecule has 0 aliphatic rings. The lowest BCUT2D eigenvalue weighted by Gasteiger charge is -2.09. The van der Waals surface area contributed by atoms with Gasteiger partial charge in [-0.05, 0) is 36.8 Å². The maximum atomic E-state index is 13.7. The molecule has 0 aromatic heterocycles. The van der Waals surface area contributed by atoms with E-state index in [1.54, 1.807) is 25.1 Å². The molecular formula is C14H13FO2. The molecule has 0 bridgehead atoms. The quantitative estimate of drug-likeness (QED) is 0.874. The molecule has 0 spiro atoms. The van der Waals surface area contributed by atoms with Gasteiger partial charge in [0.25, 0.3) is 0 Å². The van der Waals surface area contributed by atoms with Crippen molar-refractivity contribution in [3.63, 3.8) is 0 Å². The molecule has 2 rings (SSSR count). The molecule has 3 heteroatoms. The molecular weight excluding hydrogens is 219 g/mol. The predicted octanol–water partition coefficient (Wildman–Crippen LogP) is 3.67. The molecule has 0 saturated heterocycles. The second kappa shape index (κ2) is 4.97. The number of ether oxygens (including phenoxy) is 1. The third-order valence-corrected chi connectivity index (χ3v) is 2.41. The van der Waals surface area contributed by atoms with Gasteiger partial charge in [0.15, 0.2) is 11.6 Å². The van der Waals surface area contributed by atoms with Crippen molar-refractivity contribution in [2.45, 2.75) is 13.0 Å². The number of halogens is 1. The highest BCUT2D eigenvalue weighted by molar-refractivity contribution is 5.34. The normalized spacial score (nSPS) is 12.2. The highest BCUT2D eigenvalue weighted by atomic mass is 19.1. The molecule has 1 N–H and O–H groups in total. The SMILES string of the molecule is CC(O)c1ccc(Oc2ccccc2)c(F)c1. The van der Waals surface area contributed by atoms with Crippen molar-refractivity contribution < 1.29 is 14.2 Å². The number of benzene rings is 2. The summed E-state index contributed by atoms with van der Waals surface area (Å²) in [6.45, 7) is 1.59. The Bertz CT molecular complexity index is 495. The maximum Gasteiger partial charge on any atom is 0.166 e. The van der Waals surface area contributed by atoms with Crippen LogP contribution >= 0.6 is 0 Å². The van der Waals surface area contributed by atoms with Crippen molar-refractivity contribution in [1.82, 2.24) is 0 Å². The number of aliphatic hydroxyl groups is 1. The Balaban J connectivity index is 2.23. The molecule has 0 heterocycles. The zero-order valence-corrected chi connectivity index (χ0v) is 9.43. The fraction of sp³-hybridized carbons (Fsp3) is 0.143. The van der Waals surface area contributed by atoms with E-state index in [0.717, 1.165) is 0 Å². The number of aliphatic hydroxyl groups excluding tert-OH is 1. The molecule has 1 atom stereocenters. The van der Waals surface area contributed by atoms with Crippen LogP contribution in [-0.4, -0.2) is 5.11 Å². The predicted molar refractivity (Wildman–Crippen MR) is 63.5 cm³/mol. The van der Waals surface area contributed by atoms with Crippen LogP contribution in [0.4, 0.5) is 4.39 Å². The van der Waals surface area contributed by atoms with Crippen molar-refractivity contribution in [2.24, 2.45) is 0 Å². The number of rotatable bonds is 3. The van der Waals surface area contributed by atoms with E-state index in [0.29, 0.717) is 11.3 Å². The van der Waals surface area contributed by atoms with Gasteiger partial charge in [-0.15, -0.1) is 0 Å². The molecule has 0 radical (unpaired) electrons. The Morgan fingerprint density at radius 3 is 2.41 bits per heavy atom. The van der Waals surface area contributed by atoms with Gasteiger partial charge in [-0.3, -0.25) is 0 Å². The second-order valence-corrected chi connectivity index (χ2v) is 3.78. The fourth-order valence-corrected chi connectivity index (χ4v) is 1.48. The zero-order chi connectivity index (χ0) is 12.3. The van der Waals surface area contributed by atoms with Crippen molar-refractivity contribution in [3.05, 3.63) is 59.9 Å². The van der Waals surface area contributed by atoms with E-state index in [4.69, 9.17) is 4.74 Å². The Hall–Kier alpha value is -1.87. The van der Waals surface area contributed by atoms with Crippen molar-refractivity contribution in [1.29, 1.82) is 0 Å². The molecule has 0 saturated carbocycles. The molecule has 0 amide bonds. The summed E-state index contributed by atoms with van der Waals surface area (Å²) in [5.41, 5.74) is 0.530. The molecule has 0 aliphatic carbocycles. The molecule has 0 fully saturated rings. The Kier molecular flexibility index (Phi) is 3.40. The summed E-state index contributed by atoms with van der Waals surface area (Å²) < 4.78 is 19.0. The first-order valence-electron chi connectivity index (χ1n) is 5.37. The van der Waals surface area contributed by atoms with Gasteiger partial charge in [-0.25, -0.2) is 4.39 Å². The Morgan fingerprint density at radius 2 is 1.82 bits per heavy atom. The van der Waals surface area contributed by atoms with Crippen LogP contribution in [0.3, 0.4) is 0 Å². The monoisotopic (exact) mass is 232 g/mol. The number of para-hydroxylation sites is 1. The van der Waals surface area contributed by atoms with Gasteiger partial charge in [-0.2, -0.15) is 0 Å². The topological polar surface area (TPSA) is 29.5 Å². The van der Waals surface area contributed by atoms with E-state index in [1.165, 1.54) is 12.1 Å². The maximum absolute atomic E-state index is 13.7. The minimum absolute atomic E-state index is 0.153. The number of hydrogen-bond acceptors (Lipinski definition) is 2. The van der Waals surface area contributed by atoms with Crippen LogP contribution < -0.4 is 4.74 Å². The lowest BCUT2D eigenvalue weighted by atomic mass is 10.1. The van der Waals surface area contributed by atoms with E-state index in [1.807, 2.05) is 18.2 Å². The largest absolute Gasteiger partial charge is 0.454 e. The summed E-state index contributed by atoms with van der Waals surface area (Å²) in [5.74, 6) is 0.254. The Labute approximate surface area is 99.3 Å². The molecule has 88 valence electrons. The smallest absolute Gasteiger partial charge is 0.166 e. The highest BCUT2D eigenvalue weighted by Crippen LogP contribution is 2.26. The van der Waals surface area contributed by atoms with Crippen LogP contribution in [0, 0.1) is 5.82 Å². The van der Waals surface area contributed by atoms with E-state index >= 15 is 0 Å². The van der Waals surface area contributed by atoms with E-state index < -0.39 is 11.9 Å². The lowest BCUT2D eigenvalue weighted by molar-refractivity contribution is 0.198. The first kappa shape index (κ1) is 11.6. The highest BCUT2D eigenvalue weighted by Gasteiger charge is 2.08. The average molecular weight is 232 g/mol. The minimum atomic E-state index is -0.685. The molecule has 2 aromatic rings. The van der Waals surface area contributed by atoms with Gasteiger partial charge >= 0.3 is 0 Å². The van der Waals surface area contributed by atoms with Gasteiger partial charge in [0.05, 0.1) is 6.10 Å². The molecule has 0 aliphatic heterocycles. The van der Waals surface area contributed by atoms with E-state index in [-0.39, 0.29) is 5.75 Å². The first-order chi connectivity index (χ1) is 8.16. The fourth-order valence-electron chi connectivity index (χ4n) is 1.48. The average Bonchev–Trinajstić information content (AvgIpc) is 2.33. The number of hydrogen-bond donors (Lipinski definition) is 1. The van der Waals surface area contributed by atoms with Crippen LogP contribution in [0.5, 0.6) is 11.5 Å². The van der Waals surface area contributed by atoms with Crippen molar-refractivity contribution in [3.8, 4) is 11.5 Å². The summed E-state index contributed by atoms with van der Waals surface area (Å²) >= 11 is 0. The van der Waals surface area contributed by atoms with Crippen molar-refractivity contribution in [2.75, 3.05) is 0 Å². The summed E-state index contributed by atoms with van der Waals surface area (Å²) in [6.07, 6.45) is -0.685. The van der Waals surface area contributed by atoms with Crippen LogP contribution in [0.1, 0.15) is 18.6 Å². The first-order valence-corrected chi connectivity index (χ1v) is 5.37. The third kappa shape index (κ3) is 2.82. The van der Waals surface area contributed by atoms with Gasteiger partial charge < -0.3 is 9.84 Å². The Morgan fingerprint density at radius 1 is 1.12 bits per heavy atom. The molecule has 17 heavy (non-hydrogen) atoms. The third-order valence-electron chi connectivity index (χ3n) is 2.41. The van der Waals surface area contributed by atoms with Gasteiger partial charge in [0.1, 0.15) is 5.75 Å². The molecule has 2 aromatic carbocycles. The van der Waals surface area contributed by atoms with E-state index in [2.05, 4.69) is 0 Å². The van der Waals surface area contributed by atoms with E-state index in [9.17, 15) is 9.50 Å². The summed E-state index contributed by atoms with van der Waals surface area (Å²) in [7, 11) is 0. The van der Waals surface area contributed by atoms with Crippen LogP contribution in [0.25, 0.3) is 0 Å². The second-order valence-electron chi connectivity index (χ2n) is 3.78. The summed E-state index contributed by atoms with van der Waals surface area (Å²) in [6, 6.07) is 13.4. The van der Waals surface area contributed by atoms with Crippen LogP contribution in [0.15, 0.2) is 48.5 Å². The summed E-state index contributed by atoms with van der Waals surface area (Å²) in [4.78, 5) is 0. The van der Waals surface area contributed by atoms with Gasteiger partial charge in [-0.1, -0.05) is 24.3 Å². The lowest BCUT2D eigenvalue weighted by Crippen LogP contribution is -1.94. The molecule has 2 nitrogen and oxygen atoms in total. The molecule has 1 unspecified atom stereocenters. The van der Waals surface area contributed by atoms with Crippen LogP contribution in [-0.2, 0) is 0 Å². The van der Waals surface area contributed by atoms with Crippen LogP contribution in [0.2, 0.25) is 0 Å². The van der Waals surface area contributed by atoms with Crippen molar-refractivity contribution >= 4 is 0 Å². The zero-order valence-electron chi connectivity index (χ0n) is 9.43. The minimum Gasteiger partial charge on any atom is -0.454 e. The van der Waals surface area contributed by atoms with Gasteiger partial charge in [0, 0.05) is 0 Å². The summed E-state index contributed by atoms with van der Waals surface area (Å²) in [5, 5.41) is 9.32. The van der Waals surface area contributed by atoms with Gasteiger partial charge in [0.2, 0.25) is 0 Å². The standard InChI is InChI=1S/C14H13FO2/c1-10(16)11-7-8-14(13(15)9-11)17-12-5-3-2-4-6-12/h2-10,16H,1H3.